The van der Waals surface area contributed by atoms with Gasteiger partial charge in [0.15, 0.2) is 0 Å². The molecule has 0 aromatic heterocycles. The van der Waals surface area contributed by atoms with E-state index in [0.29, 0.717) is 52.6 Å². The Morgan fingerprint density at radius 2 is 0.933 bits per heavy atom. The molecule has 0 saturated carbocycles. The van der Waals surface area contributed by atoms with Crippen molar-refractivity contribution in [2.75, 3.05) is 79.0 Å². The van der Waals surface area contributed by atoms with Crippen LogP contribution in [0.15, 0.2) is 12.2 Å². The van der Waals surface area contributed by atoms with Crippen molar-refractivity contribution in [3.63, 3.8) is 0 Å². The molecule has 0 aliphatic carbocycles. The van der Waals surface area contributed by atoms with Gasteiger partial charge in [0.2, 0.25) is 0 Å². The van der Waals surface area contributed by atoms with Crippen LogP contribution in [0.4, 0.5) is 9.59 Å². The van der Waals surface area contributed by atoms with Crippen LogP contribution in [0.1, 0.15) is 0 Å². The number of morpholine rings is 2. The topological polar surface area (TPSA) is 130 Å². The number of carbonyl (C=O) groups is 4. The van der Waals surface area contributed by atoms with Crippen LogP contribution in [0.3, 0.4) is 0 Å². The molecule has 2 amide bonds. The zero-order valence-electron chi connectivity index (χ0n) is 16.6. The molecule has 12 heteroatoms. The molecule has 2 aliphatic rings. The molecule has 0 atom stereocenters. The van der Waals surface area contributed by atoms with E-state index in [1.165, 1.54) is 9.80 Å². The van der Waals surface area contributed by atoms with Gasteiger partial charge in [0.25, 0.3) is 0 Å². The highest BCUT2D eigenvalue weighted by atomic mass is 16.6. The van der Waals surface area contributed by atoms with E-state index >= 15 is 0 Å². The van der Waals surface area contributed by atoms with Crippen molar-refractivity contribution < 1.29 is 47.6 Å². The molecule has 2 rings (SSSR count). The number of rotatable bonds is 8. The number of amides is 2. The average Bonchev–Trinajstić information content (AvgIpc) is 2.79. The molecule has 2 fully saturated rings. The minimum atomic E-state index is -0.784. The number of esters is 2. The molecular formula is C18H26N2O10. The summed E-state index contributed by atoms with van der Waals surface area (Å²) in [6.07, 6.45) is 0.795. The van der Waals surface area contributed by atoms with Crippen molar-refractivity contribution in [3.8, 4) is 0 Å². The van der Waals surface area contributed by atoms with E-state index in [1.807, 2.05) is 0 Å². The standard InChI is InChI=1S/C18H26N2O10/c21-15(27-11-13-29-17(23)19-3-7-25-8-4-19)1-2-16(22)28-12-14-30-18(24)20-5-9-26-10-6-20/h1-2H,3-14H2/b2-1+. The molecule has 2 heterocycles. The largest absolute Gasteiger partial charge is 0.459 e. The molecular weight excluding hydrogens is 404 g/mol. The second kappa shape index (κ2) is 13.4. The number of carbonyl (C=O) groups excluding carboxylic acids is 4. The molecule has 2 aliphatic heterocycles. The van der Waals surface area contributed by atoms with E-state index in [-0.39, 0.29) is 26.4 Å². The number of nitrogens with zero attached hydrogens (tertiary/aromatic N) is 2. The van der Waals surface area contributed by atoms with Crippen molar-refractivity contribution in [2.45, 2.75) is 0 Å². The summed E-state index contributed by atoms with van der Waals surface area (Å²) < 4.78 is 29.8. The molecule has 0 unspecified atom stereocenters. The van der Waals surface area contributed by atoms with Crippen LogP contribution >= 0.6 is 0 Å². The van der Waals surface area contributed by atoms with Gasteiger partial charge in [0, 0.05) is 38.3 Å². The van der Waals surface area contributed by atoms with E-state index in [2.05, 4.69) is 0 Å². The summed E-state index contributed by atoms with van der Waals surface area (Å²) in [5.74, 6) is -1.57. The van der Waals surface area contributed by atoms with Crippen molar-refractivity contribution in [3.05, 3.63) is 12.2 Å². The maximum Gasteiger partial charge on any atom is 0.410 e. The second-order valence-corrected chi connectivity index (χ2v) is 6.10. The van der Waals surface area contributed by atoms with Crippen molar-refractivity contribution >= 4 is 24.1 Å². The molecule has 0 aromatic carbocycles. The first kappa shape index (κ1) is 23.4. The van der Waals surface area contributed by atoms with Gasteiger partial charge >= 0.3 is 24.1 Å². The van der Waals surface area contributed by atoms with Crippen LogP contribution in [-0.4, -0.2) is 113 Å². The van der Waals surface area contributed by atoms with Gasteiger partial charge in [-0.05, 0) is 0 Å². The van der Waals surface area contributed by atoms with Crippen molar-refractivity contribution in [1.82, 2.24) is 9.80 Å². The van der Waals surface area contributed by atoms with E-state index < -0.39 is 24.1 Å². The molecule has 2 saturated heterocycles. The van der Waals surface area contributed by atoms with E-state index in [1.54, 1.807) is 0 Å². The highest BCUT2D eigenvalue weighted by molar-refractivity contribution is 5.91. The molecule has 168 valence electrons. The van der Waals surface area contributed by atoms with Gasteiger partial charge in [-0.15, -0.1) is 0 Å². The summed E-state index contributed by atoms with van der Waals surface area (Å²) in [6, 6.07) is 0. The van der Waals surface area contributed by atoms with Crippen LogP contribution < -0.4 is 0 Å². The fourth-order valence-corrected chi connectivity index (χ4v) is 2.45. The molecule has 0 spiro atoms. The first-order chi connectivity index (χ1) is 14.6. The third kappa shape index (κ3) is 9.09. The van der Waals surface area contributed by atoms with Gasteiger partial charge in [-0.2, -0.15) is 0 Å². The lowest BCUT2D eigenvalue weighted by atomic mass is 10.5. The zero-order chi connectivity index (χ0) is 21.6. The smallest absolute Gasteiger partial charge is 0.410 e. The minimum Gasteiger partial charge on any atom is -0.459 e. The second-order valence-electron chi connectivity index (χ2n) is 6.10. The summed E-state index contributed by atoms with van der Waals surface area (Å²) in [5, 5.41) is 0. The predicted octanol–water partition coefficient (Wildman–Crippen LogP) is -0.433. The summed E-state index contributed by atoms with van der Waals surface area (Å²) in [7, 11) is 0. The Morgan fingerprint density at radius 1 is 0.600 bits per heavy atom. The Kier molecular flexibility index (Phi) is 10.4. The molecule has 0 bridgehead atoms. The van der Waals surface area contributed by atoms with Gasteiger partial charge in [-0.25, -0.2) is 19.2 Å². The van der Waals surface area contributed by atoms with Gasteiger partial charge < -0.3 is 38.2 Å². The van der Waals surface area contributed by atoms with Crippen LogP contribution in [0.5, 0.6) is 0 Å². The Bertz CT molecular complexity index is 560. The van der Waals surface area contributed by atoms with Crippen molar-refractivity contribution in [2.24, 2.45) is 0 Å². The number of hydrogen-bond donors (Lipinski definition) is 0. The van der Waals surface area contributed by atoms with Crippen LogP contribution in [0, 0.1) is 0 Å². The minimum absolute atomic E-state index is 0.102. The first-order valence-electron chi connectivity index (χ1n) is 9.57. The normalized spacial score (nSPS) is 16.8. The van der Waals surface area contributed by atoms with Gasteiger partial charge in [-0.1, -0.05) is 0 Å². The van der Waals surface area contributed by atoms with E-state index in [9.17, 15) is 19.2 Å². The quantitative estimate of drug-likeness (QED) is 0.216. The van der Waals surface area contributed by atoms with Gasteiger partial charge in [-0.3, -0.25) is 0 Å². The van der Waals surface area contributed by atoms with E-state index in [0.717, 1.165) is 12.2 Å². The molecule has 30 heavy (non-hydrogen) atoms. The van der Waals surface area contributed by atoms with Crippen molar-refractivity contribution in [1.29, 1.82) is 0 Å². The average molecular weight is 430 g/mol. The van der Waals surface area contributed by atoms with Crippen LogP contribution in [0.2, 0.25) is 0 Å². The predicted molar refractivity (Wildman–Crippen MR) is 98.5 cm³/mol. The Balaban J connectivity index is 1.49. The zero-order valence-corrected chi connectivity index (χ0v) is 16.6. The monoisotopic (exact) mass is 430 g/mol. The lowest BCUT2D eigenvalue weighted by Gasteiger charge is -2.25. The number of hydrogen-bond acceptors (Lipinski definition) is 10. The highest BCUT2D eigenvalue weighted by Crippen LogP contribution is 2.01. The number of ether oxygens (including phenoxy) is 6. The maximum atomic E-state index is 11.7. The maximum absolute atomic E-state index is 11.7. The Labute approximate surface area is 173 Å². The van der Waals surface area contributed by atoms with Crippen LogP contribution in [0.25, 0.3) is 0 Å². The summed E-state index contributed by atoms with van der Waals surface area (Å²) in [4.78, 5) is 49.5. The van der Waals surface area contributed by atoms with Gasteiger partial charge in [0.05, 0.1) is 26.4 Å². The summed E-state index contributed by atoms with van der Waals surface area (Å²) in [5.41, 5.74) is 0. The van der Waals surface area contributed by atoms with Crippen LogP contribution in [-0.2, 0) is 38.0 Å². The Hall–Kier alpha value is -2.86. The summed E-state index contributed by atoms with van der Waals surface area (Å²) in [6.45, 7) is 3.16. The van der Waals surface area contributed by atoms with Gasteiger partial charge in [0.1, 0.15) is 26.4 Å². The lowest BCUT2D eigenvalue weighted by Crippen LogP contribution is -2.41. The fraction of sp³-hybridized carbons (Fsp3) is 0.667. The third-order valence-electron chi connectivity index (χ3n) is 4.00. The summed E-state index contributed by atoms with van der Waals surface area (Å²) >= 11 is 0. The first-order valence-corrected chi connectivity index (χ1v) is 9.57. The Morgan fingerprint density at radius 3 is 1.30 bits per heavy atom. The molecule has 0 aromatic rings. The van der Waals surface area contributed by atoms with E-state index in [4.69, 9.17) is 28.4 Å². The molecule has 12 nitrogen and oxygen atoms in total. The SMILES string of the molecule is O=C(/C=C/C(=O)OCCOC(=O)N1CCOCC1)OCCOC(=O)N1CCOCC1. The fourth-order valence-electron chi connectivity index (χ4n) is 2.45. The third-order valence-corrected chi connectivity index (χ3v) is 4.00. The lowest BCUT2D eigenvalue weighted by molar-refractivity contribution is -0.141. The highest BCUT2D eigenvalue weighted by Gasteiger charge is 2.18. The molecule has 0 N–H and O–H groups in total. The molecule has 0 radical (unpaired) electrons.